The van der Waals surface area contributed by atoms with E-state index >= 15 is 0 Å². The predicted molar refractivity (Wildman–Crippen MR) is 77.4 cm³/mol. The first kappa shape index (κ1) is 14.4. The largest absolute Gasteiger partial charge is 0.336 e. The molecule has 1 aliphatic heterocycles. The van der Waals surface area contributed by atoms with Gasteiger partial charge in [-0.3, -0.25) is 0 Å². The van der Waals surface area contributed by atoms with Gasteiger partial charge in [-0.15, -0.1) is 0 Å². The Balaban J connectivity index is 1.97. The van der Waals surface area contributed by atoms with Crippen molar-refractivity contribution >= 4 is 21.1 Å². The number of sulfonamides is 1. The van der Waals surface area contributed by atoms with Crippen LogP contribution in [0.2, 0.25) is 0 Å². The van der Waals surface area contributed by atoms with Crippen LogP contribution < -0.4 is 5.32 Å². The van der Waals surface area contributed by atoms with E-state index in [4.69, 9.17) is 4.52 Å². The van der Waals surface area contributed by atoms with Crippen LogP contribution in [0.4, 0.5) is 0 Å². The molecular formula is C13H18N4O3S. The molecule has 1 unspecified atom stereocenters. The molecule has 1 fully saturated rings. The number of aryl methyl sites for hydroxylation is 1. The Morgan fingerprint density at radius 2 is 2.29 bits per heavy atom. The molecule has 1 N–H and O–H groups in total. The second kappa shape index (κ2) is 5.36. The minimum atomic E-state index is -3.53. The highest BCUT2D eigenvalue weighted by atomic mass is 32.2. The van der Waals surface area contributed by atoms with Crippen molar-refractivity contribution in [3.63, 3.8) is 0 Å². The van der Waals surface area contributed by atoms with E-state index in [9.17, 15) is 8.42 Å². The number of nitrogens with one attached hydrogen (secondary N) is 1. The summed E-state index contributed by atoms with van der Waals surface area (Å²) in [6.07, 6.45) is 3.18. The summed E-state index contributed by atoms with van der Waals surface area (Å²) in [5.74, 6) is 0. The van der Waals surface area contributed by atoms with Crippen LogP contribution in [-0.4, -0.2) is 49.0 Å². The molecule has 7 nitrogen and oxygen atoms in total. The van der Waals surface area contributed by atoms with E-state index in [1.807, 2.05) is 7.05 Å². The molecule has 21 heavy (non-hydrogen) atoms. The Labute approximate surface area is 123 Å². The molecule has 0 radical (unpaired) electrons. The summed E-state index contributed by atoms with van der Waals surface area (Å²) >= 11 is 0. The number of aromatic nitrogens is 2. The lowest BCUT2D eigenvalue weighted by Crippen LogP contribution is -2.46. The molecule has 0 spiro atoms. The zero-order valence-corrected chi connectivity index (χ0v) is 12.9. The van der Waals surface area contributed by atoms with E-state index in [1.165, 1.54) is 10.5 Å². The molecule has 3 heterocycles. The lowest BCUT2D eigenvalue weighted by Gasteiger charge is -2.31. The van der Waals surface area contributed by atoms with Crippen LogP contribution in [-0.2, 0) is 10.0 Å². The fraction of sp³-hybridized carbons (Fsp3) is 0.538. The highest BCUT2D eigenvalue weighted by molar-refractivity contribution is 7.89. The topological polar surface area (TPSA) is 88.3 Å². The van der Waals surface area contributed by atoms with Crippen molar-refractivity contribution in [1.82, 2.24) is 19.8 Å². The maximum Gasteiger partial charge on any atom is 0.257 e. The smallest absolute Gasteiger partial charge is 0.257 e. The summed E-state index contributed by atoms with van der Waals surface area (Å²) < 4.78 is 32.0. The Morgan fingerprint density at radius 1 is 1.48 bits per heavy atom. The molecule has 2 aromatic heterocycles. The molecule has 0 saturated carbocycles. The van der Waals surface area contributed by atoms with Gasteiger partial charge in [0.25, 0.3) is 5.71 Å². The predicted octanol–water partition coefficient (Wildman–Crippen LogP) is 0.904. The number of rotatable bonds is 3. The van der Waals surface area contributed by atoms with Crippen molar-refractivity contribution in [2.45, 2.75) is 30.7 Å². The highest BCUT2D eigenvalue weighted by Crippen LogP contribution is 2.24. The van der Waals surface area contributed by atoms with Crippen molar-refractivity contribution < 1.29 is 12.9 Å². The number of hydrogen-bond donors (Lipinski definition) is 1. The van der Waals surface area contributed by atoms with Crippen LogP contribution in [0.5, 0.6) is 0 Å². The molecule has 8 heteroatoms. The Bertz CT molecular complexity index is 756. The molecule has 1 saturated heterocycles. The Morgan fingerprint density at radius 3 is 3.05 bits per heavy atom. The Kier molecular flexibility index (Phi) is 3.68. The van der Waals surface area contributed by atoms with Gasteiger partial charge in [0.2, 0.25) is 10.0 Å². The average Bonchev–Trinajstić information content (AvgIpc) is 2.88. The van der Waals surface area contributed by atoms with Gasteiger partial charge in [0.05, 0.1) is 17.3 Å². The van der Waals surface area contributed by atoms with Gasteiger partial charge in [-0.05, 0) is 32.9 Å². The summed E-state index contributed by atoms with van der Waals surface area (Å²) in [7, 11) is -1.67. The SMILES string of the molecule is CNC1CCCN(S(=O)(=O)c2cnc3onc(C)c3c2)C1. The van der Waals surface area contributed by atoms with Crippen molar-refractivity contribution in [3.05, 3.63) is 18.0 Å². The average molecular weight is 310 g/mol. The van der Waals surface area contributed by atoms with Gasteiger partial charge in [0, 0.05) is 19.1 Å². The molecule has 1 aliphatic rings. The van der Waals surface area contributed by atoms with Gasteiger partial charge in [-0.2, -0.15) is 4.31 Å². The molecule has 0 amide bonds. The number of fused-ring (bicyclic) bond motifs is 1. The molecule has 114 valence electrons. The molecule has 0 bridgehead atoms. The van der Waals surface area contributed by atoms with Crippen molar-refractivity contribution in [2.24, 2.45) is 0 Å². The highest BCUT2D eigenvalue weighted by Gasteiger charge is 2.30. The summed E-state index contributed by atoms with van der Waals surface area (Å²) in [5.41, 5.74) is 1.000. The van der Waals surface area contributed by atoms with Gasteiger partial charge in [-0.1, -0.05) is 5.16 Å². The van der Waals surface area contributed by atoms with Gasteiger partial charge >= 0.3 is 0 Å². The van der Waals surface area contributed by atoms with Crippen molar-refractivity contribution in [1.29, 1.82) is 0 Å². The van der Waals surface area contributed by atoms with Crippen molar-refractivity contribution in [2.75, 3.05) is 20.1 Å². The number of likely N-dealkylation sites (N-methyl/N-ethyl adjacent to an activating group) is 1. The van der Waals surface area contributed by atoms with E-state index in [2.05, 4.69) is 15.5 Å². The zero-order valence-electron chi connectivity index (χ0n) is 12.0. The number of hydrogen-bond acceptors (Lipinski definition) is 6. The van der Waals surface area contributed by atoms with Crippen LogP contribution in [0.1, 0.15) is 18.5 Å². The second-order valence-corrected chi connectivity index (χ2v) is 7.22. The number of piperidine rings is 1. The van der Waals surface area contributed by atoms with Gasteiger partial charge in [0.1, 0.15) is 4.90 Å². The van der Waals surface area contributed by atoms with Gasteiger partial charge in [0.15, 0.2) is 0 Å². The van der Waals surface area contributed by atoms with Crippen LogP contribution >= 0.6 is 0 Å². The maximum atomic E-state index is 12.7. The summed E-state index contributed by atoms with van der Waals surface area (Å²) in [5, 5.41) is 7.58. The van der Waals surface area contributed by atoms with Crippen LogP contribution in [0, 0.1) is 6.92 Å². The lowest BCUT2D eigenvalue weighted by atomic mass is 10.1. The molecule has 2 aromatic rings. The summed E-state index contributed by atoms with van der Waals surface area (Å²) in [4.78, 5) is 4.24. The quantitative estimate of drug-likeness (QED) is 0.906. The third-order valence-electron chi connectivity index (χ3n) is 3.92. The van der Waals surface area contributed by atoms with E-state index in [1.54, 1.807) is 13.0 Å². The zero-order chi connectivity index (χ0) is 15.0. The fourth-order valence-electron chi connectivity index (χ4n) is 2.61. The van der Waals surface area contributed by atoms with E-state index in [0.29, 0.717) is 29.9 Å². The lowest BCUT2D eigenvalue weighted by molar-refractivity contribution is 0.293. The molecular weight excluding hydrogens is 292 g/mol. The Hall–Kier alpha value is -1.51. The molecule has 0 aromatic carbocycles. The first-order valence-electron chi connectivity index (χ1n) is 6.92. The van der Waals surface area contributed by atoms with E-state index < -0.39 is 10.0 Å². The monoisotopic (exact) mass is 310 g/mol. The second-order valence-electron chi connectivity index (χ2n) is 5.28. The molecule has 3 rings (SSSR count). The minimum Gasteiger partial charge on any atom is -0.336 e. The third kappa shape index (κ3) is 2.54. The third-order valence-corrected chi connectivity index (χ3v) is 5.75. The molecule has 1 atom stereocenters. The first-order chi connectivity index (χ1) is 10.0. The summed E-state index contributed by atoms with van der Waals surface area (Å²) in [6, 6.07) is 1.79. The van der Waals surface area contributed by atoms with Crippen LogP contribution in [0.25, 0.3) is 11.1 Å². The number of pyridine rings is 1. The summed E-state index contributed by atoms with van der Waals surface area (Å²) in [6.45, 7) is 2.79. The van der Waals surface area contributed by atoms with E-state index in [-0.39, 0.29) is 10.9 Å². The molecule has 0 aliphatic carbocycles. The first-order valence-corrected chi connectivity index (χ1v) is 8.36. The normalized spacial score (nSPS) is 21.0. The minimum absolute atomic E-state index is 0.193. The van der Waals surface area contributed by atoms with Crippen LogP contribution in [0.3, 0.4) is 0 Å². The standard InChI is InChI=1S/C13H18N4O3S/c1-9-12-6-11(7-15-13(12)20-16-9)21(18,19)17-5-3-4-10(8-17)14-2/h6-7,10,14H,3-5,8H2,1-2H3. The fourth-order valence-corrected chi connectivity index (χ4v) is 4.11. The number of nitrogens with zero attached hydrogens (tertiary/aromatic N) is 3. The van der Waals surface area contributed by atoms with Crippen molar-refractivity contribution in [3.8, 4) is 0 Å². The van der Waals surface area contributed by atoms with Crippen LogP contribution in [0.15, 0.2) is 21.7 Å². The maximum absolute atomic E-state index is 12.7. The van der Waals surface area contributed by atoms with Gasteiger partial charge in [-0.25, -0.2) is 13.4 Å². The van der Waals surface area contributed by atoms with E-state index in [0.717, 1.165) is 12.8 Å². The van der Waals surface area contributed by atoms with Gasteiger partial charge < -0.3 is 9.84 Å².